The minimum Gasteiger partial charge on any atom is -0.324 e. The molecule has 1 aliphatic rings. The van der Waals surface area contributed by atoms with Gasteiger partial charge in [0, 0.05) is 11.3 Å². The summed E-state index contributed by atoms with van der Waals surface area (Å²) in [6.45, 7) is 5.86. The molecule has 7 heteroatoms. The SMILES string of the molecule is CC[C@H](C)[C@H](N=C1NS(=O)(=O)c2ccccc21)C(=O)Nc1cccc(C)c1. The highest BCUT2D eigenvalue weighted by molar-refractivity contribution is 7.90. The lowest BCUT2D eigenvalue weighted by Gasteiger charge is -2.19. The molecule has 0 bridgehead atoms. The van der Waals surface area contributed by atoms with Crippen molar-refractivity contribution in [2.75, 3.05) is 5.32 Å². The van der Waals surface area contributed by atoms with Crippen LogP contribution in [0.3, 0.4) is 0 Å². The first-order chi connectivity index (χ1) is 12.8. The van der Waals surface area contributed by atoms with Gasteiger partial charge in [0.05, 0.1) is 4.90 Å². The molecule has 0 unspecified atom stereocenters. The summed E-state index contributed by atoms with van der Waals surface area (Å²) in [4.78, 5) is 17.6. The van der Waals surface area contributed by atoms with Gasteiger partial charge in [0.25, 0.3) is 10.0 Å². The third kappa shape index (κ3) is 4.03. The van der Waals surface area contributed by atoms with Crippen molar-refractivity contribution in [1.29, 1.82) is 0 Å². The van der Waals surface area contributed by atoms with Crippen molar-refractivity contribution in [1.82, 2.24) is 4.72 Å². The van der Waals surface area contributed by atoms with Crippen LogP contribution in [0.1, 0.15) is 31.4 Å². The van der Waals surface area contributed by atoms with Crippen LogP contribution in [0.15, 0.2) is 58.4 Å². The third-order valence-electron chi connectivity index (χ3n) is 4.67. The van der Waals surface area contributed by atoms with Crippen LogP contribution in [0.4, 0.5) is 5.69 Å². The summed E-state index contributed by atoms with van der Waals surface area (Å²) < 4.78 is 27.1. The molecule has 0 aromatic heterocycles. The van der Waals surface area contributed by atoms with E-state index in [-0.39, 0.29) is 22.6 Å². The topological polar surface area (TPSA) is 87.6 Å². The van der Waals surface area contributed by atoms with Crippen LogP contribution < -0.4 is 10.0 Å². The predicted molar refractivity (Wildman–Crippen MR) is 106 cm³/mol. The van der Waals surface area contributed by atoms with Gasteiger partial charge in [0.15, 0.2) is 0 Å². The van der Waals surface area contributed by atoms with E-state index < -0.39 is 16.1 Å². The maximum Gasteiger partial charge on any atom is 0.263 e. The minimum atomic E-state index is -3.64. The summed E-state index contributed by atoms with van der Waals surface area (Å²) >= 11 is 0. The highest BCUT2D eigenvalue weighted by Crippen LogP contribution is 2.24. The quantitative estimate of drug-likeness (QED) is 0.829. The van der Waals surface area contributed by atoms with Crippen LogP contribution in [0.25, 0.3) is 0 Å². The van der Waals surface area contributed by atoms with Gasteiger partial charge in [-0.2, -0.15) is 0 Å². The standard InChI is InChI=1S/C20H23N3O3S/c1-4-14(3)18(20(24)21-15-9-7-8-13(2)12-15)22-19-16-10-5-6-11-17(16)27(25,26)23-19/h5-12,14,18H,4H2,1-3H3,(H,21,24)(H,22,23)/t14-,18-/m0/s1. The minimum absolute atomic E-state index is 0.0559. The van der Waals surface area contributed by atoms with Gasteiger partial charge < -0.3 is 5.32 Å². The molecule has 1 aliphatic heterocycles. The summed E-state index contributed by atoms with van der Waals surface area (Å²) in [5.74, 6) is -0.0964. The van der Waals surface area contributed by atoms with Crippen molar-refractivity contribution in [2.45, 2.75) is 38.1 Å². The van der Waals surface area contributed by atoms with Gasteiger partial charge in [-0.05, 0) is 42.7 Å². The number of hydrogen-bond acceptors (Lipinski definition) is 4. The second-order valence-electron chi connectivity index (χ2n) is 6.77. The number of aliphatic imine (C=N–C) groups is 1. The number of fused-ring (bicyclic) bond motifs is 1. The van der Waals surface area contributed by atoms with E-state index in [1.54, 1.807) is 18.2 Å². The number of carbonyl (C=O) groups is 1. The molecule has 0 radical (unpaired) electrons. The largest absolute Gasteiger partial charge is 0.324 e. The number of nitrogens with one attached hydrogen (secondary N) is 2. The molecule has 142 valence electrons. The average molecular weight is 385 g/mol. The monoisotopic (exact) mass is 385 g/mol. The van der Waals surface area contributed by atoms with Crippen molar-refractivity contribution in [3.63, 3.8) is 0 Å². The lowest BCUT2D eigenvalue weighted by atomic mass is 9.98. The zero-order valence-electron chi connectivity index (χ0n) is 15.6. The fourth-order valence-electron chi connectivity index (χ4n) is 2.98. The molecule has 2 atom stereocenters. The summed E-state index contributed by atoms with van der Waals surface area (Å²) in [5.41, 5.74) is 2.23. The molecule has 0 aliphatic carbocycles. The van der Waals surface area contributed by atoms with Gasteiger partial charge in [-0.15, -0.1) is 0 Å². The Morgan fingerprint density at radius 1 is 1.19 bits per heavy atom. The first-order valence-corrected chi connectivity index (χ1v) is 10.4. The lowest BCUT2D eigenvalue weighted by Crippen LogP contribution is -2.34. The zero-order chi connectivity index (χ0) is 19.6. The van der Waals surface area contributed by atoms with Gasteiger partial charge in [0.2, 0.25) is 5.91 Å². The summed E-state index contributed by atoms with van der Waals surface area (Å²) in [7, 11) is -3.64. The van der Waals surface area contributed by atoms with Crippen LogP contribution in [0.5, 0.6) is 0 Å². The number of hydrogen-bond donors (Lipinski definition) is 2. The average Bonchev–Trinajstić information content (AvgIpc) is 2.90. The van der Waals surface area contributed by atoms with Crippen LogP contribution in [-0.4, -0.2) is 26.2 Å². The highest BCUT2D eigenvalue weighted by Gasteiger charge is 2.33. The number of sulfonamides is 1. The molecular formula is C20H23N3O3S. The van der Waals surface area contributed by atoms with E-state index in [4.69, 9.17) is 0 Å². The molecule has 1 amide bonds. The molecule has 0 fully saturated rings. The fraction of sp³-hybridized carbons (Fsp3) is 0.300. The number of rotatable bonds is 5. The third-order valence-corrected chi connectivity index (χ3v) is 6.07. The number of amidine groups is 1. The van der Waals surface area contributed by atoms with Crippen LogP contribution in [0, 0.1) is 12.8 Å². The van der Waals surface area contributed by atoms with E-state index in [2.05, 4.69) is 15.0 Å². The number of carbonyl (C=O) groups excluding carboxylic acids is 1. The van der Waals surface area contributed by atoms with Crippen molar-refractivity contribution < 1.29 is 13.2 Å². The van der Waals surface area contributed by atoms with E-state index in [0.29, 0.717) is 11.3 Å². The maximum absolute atomic E-state index is 12.9. The number of benzene rings is 2. The Morgan fingerprint density at radius 3 is 2.63 bits per heavy atom. The van der Waals surface area contributed by atoms with Crippen LogP contribution in [0.2, 0.25) is 0 Å². The molecule has 27 heavy (non-hydrogen) atoms. The molecule has 2 N–H and O–H groups in total. The normalized spacial score (nSPS) is 18.4. The summed E-state index contributed by atoms with van der Waals surface area (Å²) in [6.07, 6.45) is 0.733. The summed E-state index contributed by atoms with van der Waals surface area (Å²) in [6, 6.07) is 13.5. The molecule has 0 spiro atoms. The van der Waals surface area contributed by atoms with E-state index in [0.717, 1.165) is 12.0 Å². The Bertz CT molecular complexity index is 999. The van der Waals surface area contributed by atoms with E-state index in [1.807, 2.05) is 45.0 Å². The Morgan fingerprint density at radius 2 is 1.93 bits per heavy atom. The van der Waals surface area contributed by atoms with Crippen LogP contribution in [-0.2, 0) is 14.8 Å². The van der Waals surface area contributed by atoms with Crippen LogP contribution >= 0.6 is 0 Å². The Balaban J connectivity index is 1.95. The van der Waals surface area contributed by atoms with Crippen molar-refractivity contribution >= 4 is 27.5 Å². The Hall–Kier alpha value is -2.67. The zero-order valence-corrected chi connectivity index (χ0v) is 16.4. The van der Waals surface area contributed by atoms with Gasteiger partial charge in [-0.1, -0.05) is 44.5 Å². The molecule has 2 aromatic rings. The molecular weight excluding hydrogens is 362 g/mol. The maximum atomic E-state index is 12.9. The van der Waals surface area contributed by atoms with Crippen molar-refractivity contribution in [2.24, 2.45) is 10.9 Å². The number of nitrogens with zero attached hydrogens (tertiary/aromatic N) is 1. The summed E-state index contributed by atoms with van der Waals surface area (Å²) in [5, 5.41) is 2.89. The number of anilines is 1. The lowest BCUT2D eigenvalue weighted by molar-refractivity contribution is -0.118. The smallest absolute Gasteiger partial charge is 0.263 e. The Labute approximate surface area is 159 Å². The molecule has 0 saturated heterocycles. The van der Waals surface area contributed by atoms with E-state index >= 15 is 0 Å². The van der Waals surface area contributed by atoms with Crippen molar-refractivity contribution in [3.05, 3.63) is 59.7 Å². The molecule has 2 aromatic carbocycles. The first kappa shape index (κ1) is 19.1. The van der Waals surface area contributed by atoms with Gasteiger partial charge in [-0.25, -0.2) is 8.42 Å². The first-order valence-electron chi connectivity index (χ1n) is 8.89. The van der Waals surface area contributed by atoms with Gasteiger partial charge in [0.1, 0.15) is 11.9 Å². The Kier molecular flexibility index (Phi) is 5.32. The predicted octanol–water partition coefficient (Wildman–Crippen LogP) is 3.09. The molecule has 3 rings (SSSR count). The molecule has 1 heterocycles. The highest BCUT2D eigenvalue weighted by atomic mass is 32.2. The van der Waals surface area contributed by atoms with Crippen molar-refractivity contribution in [3.8, 4) is 0 Å². The number of amides is 1. The van der Waals surface area contributed by atoms with E-state index in [9.17, 15) is 13.2 Å². The second kappa shape index (κ2) is 7.52. The fourth-order valence-corrected chi connectivity index (χ4v) is 4.21. The second-order valence-corrected chi connectivity index (χ2v) is 8.42. The van der Waals surface area contributed by atoms with Gasteiger partial charge in [-0.3, -0.25) is 14.5 Å². The van der Waals surface area contributed by atoms with Gasteiger partial charge >= 0.3 is 0 Å². The molecule has 6 nitrogen and oxygen atoms in total. The number of aryl methyl sites for hydroxylation is 1. The molecule has 0 saturated carbocycles. The van der Waals surface area contributed by atoms with E-state index in [1.165, 1.54) is 6.07 Å².